The summed E-state index contributed by atoms with van der Waals surface area (Å²) in [4.78, 5) is 33.4. The molecule has 14 heavy (non-hydrogen) atoms. The minimum Gasteiger partial charge on any atom is -0.385 e. The van der Waals surface area contributed by atoms with Crippen LogP contribution in [0.15, 0.2) is 0 Å². The number of ether oxygens (including phenoxy) is 1. The van der Waals surface area contributed by atoms with Crippen molar-refractivity contribution in [2.24, 2.45) is 0 Å². The maximum atomic E-state index is 11.3. The smallest absolute Gasteiger partial charge is 0.328 e. The van der Waals surface area contributed by atoms with Gasteiger partial charge in [0.05, 0.1) is 0 Å². The third-order valence-corrected chi connectivity index (χ3v) is 2.94. The van der Waals surface area contributed by atoms with Crippen molar-refractivity contribution in [1.82, 2.24) is 10.6 Å². The van der Waals surface area contributed by atoms with Crippen molar-refractivity contribution in [1.29, 1.82) is 0 Å². The van der Waals surface area contributed by atoms with Gasteiger partial charge in [0.2, 0.25) is 0 Å². The number of urea groups is 1. The van der Waals surface area contributed by atoms with Crippen LogP contribution < -0.4 is 10.6 Å². The van der Waals surface area contributed by atoms with Gasteiger partial charge < -0.3 is 4.74 Å². The van der Waals surface area contributed by atoms with Gasteiger partial charge in [0, 0.05) is 20.1 Å². The van der Waals surface area contributed by atoms with Crippen molar-refractivity contribution < 1.29 is 19.1 Å². The molecular formula is C7H9BrN2O4. The molecule has 0 aromatic carbocycles. The molecule has 6 nitrogen and oxygen atoms in total. The first kappa shape index (κ1) is 11.1. The third kappa shape index (κ3) is 1.93. The maximum absolute atomic E-state index is 11.3. The Morgan fingerprint density at radius 2 is 1.79 bits per heavy atom. The second-order valence-electron chi connectivity index (χ2n) is 2.78. The fourth-order valence-electron chi connectivity index (χ4n) is 1.01. The van der Waals surface area contributed by atoms with Gasteiger partial charge in [-0.15, -0.1) is 0 Å². The van der Waals surface area contributed by atoms with Crippen LogP contribution in [-0.4, -0.2) is 35.9 Å². The Morgan fingerprint density at radius 3 is 2.21 bits per heavy atom. The van der Waals surface area contributed by atoms with Crippen LogP contribution >= 0.6 is 15.9 Å². The van der Waals surface area contributed by atoms with Gasteiger partial charge >= 0.3 is 6.03 Å². The van der Waals surface area contributed by atoms with E-state index >= 15 is 0 Å². The number of hydrogen-bond donors (Lipinski definition) is 2. The first-order valence-electron chi connectivity index (χ1n) is 3.85. The van der Waals surface area contributed by atoms with Gasteiger partial charge in [-0.25, -0.2) is 4.79 Å². The highest BCUT2D eigenvalue weighted by Crippen LogP contribution is 2.25. The number of amides is 4. The molecule has 0 radical (unpaired) electrons. The quantitative estimate of drug-likeness (QED) is 0.533. The Bertz CT molecular complexity index is 271. The number of barbiturate groups is 1. The van der Waals surface area contributed by atoms with E-state index in [4.69, 9.17) is 4.74 Å². The number of rotatable bonds is 3. The fourth-order valence-corrected chi connectivity index (χ4v) is 1.37. The molecule has 7 heteroatoms. The normalized spacial score (nSPS) is 20.3. The number of hydrogen-bond acceptors (Lipinski definition) is 4. The molecule has 1 aliphatic heterocycles. The molecule has 0 saturated carbocycles. The van der Waals surface area contributed by atoms with E-state index < -0.39 is 22.2 Å². The van der Waals surface area contributed by atoms with Gasteiger partial charge in [-0.3, -0.25) is 20.2 Å². The number of nitrogens with one attached hydrogen (secondary N) is 2. The summed E-state index contributed by atoms with van der Waals surface area (Å²) in [6.45, 7) is 0.236. The molecule has 1 saturated heterocycles. The lowest BCUT2D eigenvalue weighted by Crippen LogP contribution is -2.64. The molecule has 4 amide bonds. The van der Waals surface area contributed by atoms with E-state index in [1.165, 1.54) is 7.11 Å². The monoisotopic (exact) mass is 264 g/mol. The maximum Gasteiger partial charge on any atom is 0.328 e. The highest BCUT2D eigenvalue weighted by Gasteiger charge is 2.47. The summed E-state index contributed by atoms with van der Waals surface area (Å²) in [6.07, 6.45) is 0.161. The second kappa shape index (κ2) is 4.05. The summed E-state index contributed by atoms with van der Waals surface area (Å²) >= 11 is 3.00. The lowest BCUT2D eigenvalue weighted by Gasteiger charge is -2.28. The SMILES string of the molecule is COCCC1(Br)C(=O)NC(=O)NC1=O. The molecule has 1 aliphatic rings. The summed E-state index contributed by atoms with van der Waals surface area (Å²) in [5.41, 5.74) is 0. The van der Waals surface area contributed by atoms with Crippen molar-refractivity contribution in [3.63, 3.8) is 0 Å². The number of methoxy groups -OCH3 is 1. The van der Waals surface area contributed by atoms with Gasteiger partial charge in [0.25, 0.3) is 11.8 Å². The average Bonchev–Trinajstić information content (AvgIpc) is 2.11. The molecule has 2 N–H and O–H groups in total. The van der Waals surface area contributed by atoms with Gasteiger partial charge in [0.15, 0.2) is 4.32 Å². The number of alkyl halides is 1. The largest absolute Gasteiger partial charge is 0.385 e. The van der Waals surface area contributed by atoms with Crippen LogP contribution in [0.5, 0.6) is 0 Å². The van der Waals surface area contributed by atoms with Gasteiger partial charge in [-0.1, -0.05) is 15.9 Å². The summed E-state index contributed by atoms with van der Waals surface area (Å²) in [6, 6.07) is -0.799. The molecule has 0 aromatic heterocycles. The van der Waals surface area contributed by atoms with Crippen molar-refractivity contribution >= 4 is 33.8 Å². The Labute approximate surface area is 88.5 Å². The molecule has 0 unspecified atom stereocenters. The number of halogens is 1. The molecule has 78 valence electrons. The number of imide groups is 2. The van der Waals surface area contributed by atoms with Crippen LogP contribution in [0, 0.1) is 0 Å². The van der Waals surface area contributed by atoms with Crippen molar-refractivity contribution in [3.8, 4) is 0 Å². The van der Waals surface area contributed by atoms with Crippen LogP contribution in [0.2, 0.25) is 0 Å². The van der Waals surface area contributed by atoms with E-state index in [0.29, 0.717) is 0 Å². The Balaban J connectivity index is 2.79. The van der Waals surface area contributed by atoms with Crippen LogP contribution in [0.3, 0.4) is 0 Å². The van der Waals surface area contributed by atoms with Gasteiger partial charge in [-0.2, -0.15) is 0 Å². The molecule has 0 bridgehead atoms. The standard InChI is InChI=1S/C7H9BrN2O4/c1-14-3-2-7(8)4(11)9-6(13)10-5(7)12/h2-3H2,1H3,(H2,9,10,11,12,13). The van der Waals surface area contributed by atoms with E-state index in [9.17, 15) is 14.4 Å². The molecule has 0 aromatic rings. The minimum atomic E-state index is -1.41. The van der Waals surface area contributed by atoms with Crippen LogP contribution in [-0.2, 0) is 14.3 Å². The third-order valence-electron chi connectivity index (χ3n) is 1.82. The van der Waals surface area contributed by atoms with Crippen LogP contribution in [0.25, 0.3) is 0 Å². The number of carbonyl (C=O) groups is 3. The summed E-state index contributed by atoms with van der Waals surface area (Å²) < 4.78 is 3.35. The highest BCUT2D eigenvalue weighted by molar-refractivity contribution is 9.10. The Morgan fingerprint density at radius 1 is 1.29 bits per heavy atom. The van der Waals surface area contributed by atoms with E-state index in [1.807, 2.05) is 10.6 Å². The van der Waals surface area contributed by atoms with Crippen molar-refractivity contribution in [2.45, 2.75) is 10.7 Å². The Kier molecular flexibility index (Phi) is 3.22. The molecular weight excluding hydrogens is 256 g/mol. The van der Waals surface area contributed by atoms with Gasteiger partial charge in [-0.05, 0) is 0 Å². The molecule has 0 spiro atoms. The second-order valence-corrected chi connectivity index (χ2v) is 4.14. The number of carbonyl (C=O) groups excluding carboxylic acids is 3. The van der Waals surface area contributed by atoms with Crippen molar-refractivity contribution in [3.05, 3.63) is 0 Å². The first-order valence-corrected chi connectivity index (χ1v) is 4.64. The lowest BCUT2D eigenvalue weighted by molar-refractivity contribution is -0.133. The zero-order valence-corrected chi connectivity index (χ0v) is 9.01. The van der Waals surface area contributed by atoms with E-state index in [1.54, 1.807) is 0 Å². The highest BCUT2D eigenvalue weighted by atomic mass is 79.9. The van der Waals surface area contributed by atoms with Crippen LogP contribution in [0.1, 0.15) is 6.42 Å². The zero-order valence-electron chi connectivity index (χ0n) is 7.43. The van der Waals surface area contributed by atoms with Crippen LogP contribution in [0.4, 0.5) is 4.79 Å². The van der Waals surface area contributed by atoms with Gasteiger partial charge in [0.1, 0.15) is 0 Å². The molecule has 0 atom stereocenters. The Hall–Kier alpha value is -0.950. The molecule has 1 fully saturated rings. The topological polar surface area (TPSA) is 84.5 Å². The lowest BCUT2D eigenvalue weighted by atomic mass is 10.0. The summed E-state index contributed by atoms with van der Waals surface area (Å²) in [5, 5.41) is 3.99. The van der Waals surface area contributed by atoms with E-state index in [2.05, 4.69) is 15.9 Å². The minimum absolute atomic E-state index is 0.161. The first-order chi connectivity index (χ1) is 6.50. The summed E-state index contributed by atoms with van der Waals surface area (Å²) in [7, 11) is 1.46. The van der Waals surface area contributed by atoms with E-state index in [0.717, 1.165) is 0 Å². The molecule has 1 heterocycles. The van der Waals surface area contributed by atoms with Crippen molar-refractivity contribution in [2.75, 3.05) is 13.7 Å². The fraction of sp³-hybridized carbons (Fsp3) is 0.571. The summed E-state index contributed by atoms with van der Waals surface area (Å²) in [5.74, 6) is -1.33. The molecule has 1 rings (SSSR count). The molecule has 0 aliphatic carbocycles. The predicted molar refractivity (Wildman–Crippen MR) is 49.8 cm³/mol. The average molecular weight is 265 g/mol. The van der Waals surface area contributed by atoms with E-state index in [-0.39, 0.29) is 13.0 Å². The zero-order chi connectivity index (χ0) is 10.8. The predicted octanol–water partition coefficient (Wildman–Crippen LogP) is -0.477.